The van der Waals surface area contributed by atoms with Crippen LogP contribution in [0.4, 0.5) is 4.39 Å². The highest BCUT2D eigenvalue weighted by atomic mass is 19.1. The summed E-state index contributed by atoms with van der Waals surface area (Å²) in [5, 5.41) is 0. The topological polar surface area (TPSA) is 26.3 Å². The summed E-state index contributed by atoms with van der Waals surface area (Å²) in [6.07, 6.45) is -0.0732. The molecule has 1 fully saturated rings. The van der Waals surface area contributed by atoms with Gasteiger partial charge in [0.1, 0.15) is 18.1 Å². The van der Waals surface area contributed by atoms with Crippen LogP contribution in [-0.2, 0) is 10.2 Å². The molecule has 0 N–H and O–H groups in total. The van der Waals surface area contributed by atoms with Gasteiger partial charge in [-0.3, -0.25) is 4.79 Å². The minimum atomic E-state index is -1.19. The molecule has 0 amide bonds. The van der Waals surface area contributed by atoms with Crippen LogP contribution in [0.2, 0.25) is 0 Å². The van der Waals surface area contributed by atoms with Crippen molar-refractivity contribution in [1.29, 1.82) is 0 Å². The van der Waals surface area contributed by atoms with E-state index in [1.165, 1.54) is 0 Å². The average Bonchev–Trinajstić information content (AvgIpc) is 2.27. The molecule has 3 rings (SSSR count). The van der Waals surface area contributed by atoms with Crippen molar-refractivity contribution >= 4 is 5.78 Å². The first-order valence-electron chi connectivity index (χ1n) is 5.15. The number of fused-ring (bicyclic) bond motifs is 2. The molecule has 0 bridgehead atoms. The van der Waals surface area contributed by atoms with Crippen molar-refractivity contribution in [3.05, 3.63) is 29.8 Å². The lowest BCUT2D eigenvalue weighted by atomic mass is 9.59. The van der Waals surface area contributed by atoms with Crippen LogP contribution in [0.15, 0.2) is 24.3 Å². The molecule has 1 aliphatic carbocycles. The van der Waals surface area contributed by atoms with E-state index >= 15 is 0 Å². The SMILES string of the molecule is O=C1CC[C@@]12c1ccccc1OC[C@H]2F. The van der Waals surface area contributed by atoms with E-state index in [4.69, 9.17) is 4.74 Å². The van der Waals surface area contributed by atoms with Gasteiger partial charge in [-0.15, -0.1) is 0 Å². The van der Waals surface area contributed by atoms with Gasteiger partial charge >= 0.3 is 0 Å². The van der Waals surface area contributed by atoms with E-state index < -0.39 is 11.6 Å². The molecular weight excluding hydrogens is 195 g/mol. The van der Waals surface area contributed by atoms with Gasteiger partial charge < -0.3 is 4.74 Å². The molecule has 0 unspecified atom stereocenters. The number of halogens is 1. The molecule has 78 valence electrons. The molecule has 1 aliphatic heterocycles. The maximum Gasteiger partial charge on any atom is 0.151 e. The van der Waals surface area contributed by atoms with E-state index in [9.17, 15) is 9.18 Å². The van der Waals surface area contributed by atoms with Crippen molar-refractivity contribution in [2.24, 2.45) is 0 Å². The first-order chi connectivity index (χ1) is 7.25. The maximum absolute atomic E-state index is 13.9. The Morgan fingerprint density at radius 3 is 2.87 bits per heavy atom. The van der Waals surface area contributed by atoms with Gasteiger partial charge in [-0.1, -0.05) is 18.2 Å². The number of benzene rings is 1. The number of rotatable bonds is 0. The lowest BCUT2D eigenvalue weighted by Gasteiger charge is -2.45. The van der Waals surface area contributed by atoms with E-state index in [0.29, 0.717) is 18.6 Å². The Labute approximate surface area is 87.0 Å². The third-order valence-electron chi connectivity index (χ3n) is 3.53. The fourth-order valence-electron chi connectivity index (χ4n) is 2.55. The van der Waals surface area contributed by atoms with Gasteiger partial charge in [0.2, 0.25) is 0 Å². The second kappa shape index (κ2) is 2.81. The van der Waals surface area contributed by atoms with Crippen LogP contribution in [-0.4, -0.2) is 18.6 Å². The monoisotopic (exact) mass is 206 g/mol. The Morgan fingerprint density at radius 1 is 1.40 bits per heavy atom. The number of carbonyl (C=O) groups is 1. The number of hydrogen-bond acceptors (Lipinski definition) is 2. The largest absolute Gasteiger partial charge is 0.490 e. The first-order valence-corrected chi connectivity index (χ1v) is 5.15. The van der Waals surface area contributed by atoms with E-state index in [2.05, 4.69) is 0 Å². The molecule has 0 radical (unpaired) electrons. The normalized spacial score (nSPS) is 33.1. The highest BCUT2D eigenvalue weighted by Crippen LogP contribution is 2.50. The Kier molecular flexibility index (Phi) is 1.67. The van der Waals surface area contributed by atoms with Crippen LogP contribution in [0.25, 0.3) is 0 Å². The smallest absolute Gasteiger partial charge is 0.151 e. The summed E-state index contributed by atoms with van der Waals surface area (Å²) in [6, 6.07) is 7.27. The quantitative estimate of drug-likeness (QED) is 0.649. The summed E-state index contributed by atoms with van der Waals surface area (Å²) in [5.41, 5.74) is -0.144. The number of hydrogen-bond donors (Lipinski definition) is 0. The van der Waals surface area contributed by atoms with Crippen molar-refractivity contribution in [3.8, 4) is 5.75 Å². The molecule has 1 aromatic carbocycles. The summed E-state index contributed by atoms with van der Waals surface area (Å²) in [6.45, 7) is 0.00273. The molecule has 3 heteroatoms. The number of alkyl halides is 1. The number of ketones is 1. The van der Waals surface area contributed by atoms with Gasteiger partial charge in [0, 0.05) is 12.0 Å². The van der Waals surface area contributed by atoms with E-state index in [-0.39, 0.29) is 12.4 Å². The summed E-state index contributed by atoms with van der Waals surface area (Å²) < 4.78 is 19.2. The highest BCUT2D eigenvalue weighted by Gasteiger charge is 2.56. The van der Waals surface area contributed by atoms with Gasteiger partial charge in [0.05, 0.1) is 5.41 Å². The minimum absolute atomic E-state index is 0.00273. The average molecular weight is 206 g/mol. The van der Waals surface area contributed by atoms with Crippen LogP contribution in [0, 0.1) is 0 Å². The van der Waals surface area contributed by atoms with E-state index in [1.807, 2.05) is 12.1 Å². The van der Waals surface area contributed by atoms with E-state index in [0.717, 1.165) is 5.56 Å². The lowest BCUT2D eigenvalue weighted by Crippen LogP contribution is -2.56. The van der Waals surface area contributed by atoms with Gasteiger partial charge in [0.25, 0.3) is 0 Å². The van der Waals surface area contributed by atoms with Crippen molar-refractivity contribution in [2.45, 2.75) is 24.4 Å². The number of Topliss-reactive ketones (excluding diaryl/α,β-unsaturated/α-hetero) is 1. The molecule has 0 saturated heterocycles. The number of carbonyl (C=O) groups excluding carboxylic acids is 1. The summed E-state index contributed by atoms with van der Waals surface area (Å²) in [7, 11) is 0. The third-order valence-corrected chi connectivity index (χ3v) is 3.53. The molecule has 2 nitrogen and oxygen atoms in total. The molecular formula is C12H11FO2. The van der Waals surface area contributed by atoms with Crippen LogP contribution in [0.5, 0.6) is 5.75 Å². The van der Waals surface area contributed by atoms with Gasteiger partial charge in [-0.2, -0.15) is 0 Å². The Bertz CT molecular complexity index is 429. The molecule has 2 aliphatic rings. The highest BCUT2D eigenvalue weighted by molar-refractivity contribution is 5.97. The van der Waals surface area contributed by atoms with Gasteiger partial charge in [-0.05, 0) is 12.5 Å². The minimum Gasteiger partial charge on any atom is -0.490 e. The molecule has 1 heterocycles. The van der Waals surface area contributed by atoms with Crippen molar-refractivity contribution in [3.63, 3.8) is 0 Å². The van der Waals surface area contributed by atoms with Crippen LogP contribution in [0.3, 0.4) is 0 Å². The van der Waals surface area contributed by atoms with Crippen molar-refractivity contribution < 1.29 is 13.9 Å². The summed E-state index contributed by atoms with van der Waals surface area (Å²) in [5.74, 6) is 0.685. The molecule has 2 atom stereocenters. The lowest BCUT2D eigenvalue weighted by molar-refractivity contribution is -0.137. The fraction of sp³-hybridized carbons (Fsp3) is 0.417. The van der Waals surface area contributed by atoms with Gasteiger partial charge in [-0.25, -0.2) is 4.39 Å². The van der Waals surface area contributed by atoms with Crippen LogP contribution < -0.4 is 4.74 Å². The Hall–Kier alpha value is -1.38. The number of para-hydroxylation sites is 1. The van der Waals surface area contributed by atoms with Crippen molar-refractivity contribution in [1.82, 2.24) is 0 Å². The first kappa shape index (κ1) is 8.89. The molecule has 1 aromatic rings. The molecule has 15 heavy (non-hydrogen) atoms. The zero-order valence-electron chi connectivity index (χ0n) is 8.20. The standard InChI is InChI=1S/C12H11FO2/c13-10-7-15-9-4-2-1-3-8(9)12(10)6-5-11(12)14/h1-4,10H,5-7H2/t10-,12+/m1/s1. The molecule has 1 saturated carbocycles. The number of ether oxygens (including phenoxy) is 1. The second-order valence-electron chi connectivity index (χ2n) is 4.17. The van der Waals surface area contributed by atoms with E-state index in [1.54, 1.807) is 12.1 Å². The Morgan fingerprint density at radius 2 is 2.20 bits per heavy atom. The predicted octanol–water partition coefficient (Wildman–Crippen LogP) is 2.02. The third kappa shape index (κ3) is 0.954. The summed E-state index contributed by atoms with van der Waals surface area (Å²) >= 11 is 0. The fourth-order valence-corrected chi connectivity index (χ4v) is 2.55. The molecule has 0 aromatic heterocycles. The Balaban J connectivity index is 2.18. The predicted molar refractivity (Wildman–Crippen MR) is 52.8 cm³/mol. The second-order valence-corrected chi connectivity index (χ2v) is 4.17. The zero-order valence-corrected chi connectivity index (χ0v) is 8.20. The van der Waals surface area contributed by atoms with Gasteiger partial charge in [0.15, 0.2) is 6.17 Å². The zero-order chi connectivity index (χ0) is 10.5. The van der Waals surface area contributed by atoms with Crippen molar-refractivity contribution in [2.75, 3.05) is 6.61 Å². The van der Waals surface area contributed by atoms with Crippen LogP contribution >= 0.6 is 0 Å². The molecule has 1 spiro atoms. The summed E-state index contributed by atoms with van der Waals surface area (Å²) in [4.78, 5) is 11.7. The maximum atomic E-state index is 13.9. The van der Waals surface area contributed by atoms with Crippen LogP contribution in [0.1, 0.15) is 18.4 Å².